The van der Waals surface area contributed by atoms with Crippen LogP contribution in [0, 0.1) is 20.8 Å². The second kappa shape index (κ2) is 9.53. The third kappa shape index (κ3) is 4.99. The Morgan fingerprint density at radius 2 is 1.94 bits per heavy atom. The highest BCUT2D eigenvalue weighted by Crippen LogP contribution is 2.24. The van der Waals surface area contributed by atoms with E-state index in [1.165, 1.54) is 27.6 Å². The lowest BCUT2D eigenvalue weighted by molar-refractivity contribution is -0.148. The molecule has 3 heterocycles. The Morgan fingerprint density at radius 1 is 1.16 bits per heavy atom. The zero-order valence-corrected chi connectivity index (χ0v) is 19.4. The van der Waals surface area contributed by atoms with Gasteiger partial charge in [-0.05, 0) is 55.8 Å². The lowest BCUT2D eigenvalue weighted by Gasteiger charge is -2.26. The molecule has 2 aromatic heterocycles. The molecule has 32 heavy (non-hydrogen) atoms. The highest BCUT2D eigenvalue weighted by molar-refractivity contribution is 7.10. The van der Waals surface area contributed by atoms with Crippen molar-refractivity contribution in [2.24, 2.45) is 0 Å². The molecule has 0 radical (unpaired) electrons. The monoisotopic (exact) mass is 449 g/mol. The second-order valence-electron chi connectivity index (χ2n) is 8.10. The van der Waals surface area contributed by atoms with Gasteiger partial charge >= 0.3 is 5.97 Å². The van der Waals surface area contributed by atoms with Crippen molar-refractivity contribution in [3.8, 4) is 0 Å². The summed E-state index contributed by atoms with van der Waals surface area (Å²) < 4.78 is 7.13. The van der Waals surface area contributed by atoms with Gasteiger partial charge in [-0.2, -0.15) is 5.10 Å². The van der Waals surface area contributed by atoms with Gasteiger partial charge in [-0.3, -0.25) is 9.48 Å². The number of carbonyl (C=O) groups is 2. The van der Waals surface area contributed by atoms with Gasteiger partial charge < -0.3 is 9.64 Å². The van der Waals surface area contributed by atoms with Crippen molar-refractivity contribution < 1.29 is 14.3 Å². The topological polar surface area (TPSA) is 64.4 Å². The maximum Gasteiger partial charge on any atom is 0.331 e. The molecule has 7 heteroatoms. The van der Waals surface area contributed by atoms with E-state index in [0.29, 0.717) is 19.6 Å². The van der Waals surface area contributed by atoms with Gasteiger partial charge in [0.05, 0.1) is 12.2 Å². The number of amides is 1. The van der Waals surface area contributed by atoms with Crippen molar-refractivity contribution in [3.63, 3.8) is 0 Å². The fourth-order valence-electron chi connectivity index (χ4n) is 3.86. The summed E-state index contributed by atoms with van der Waals surface area (Å²) in [5.41, 5.74) is 6.29. The third-order valence-corrected chi connectivity index (χ3v) is 6.80. The molecule has 0 bridgehead atoms. The standard InChI is InChI=1S/C25H27N3O3S/c1-17-4-6-20(7-5-17)14-28-19(3)22(18(2)26-28)8-9-25(30)31-16-24(29)27-12-10-23-21(15-27)11-13-32-23/h4-9,11,13H,10,12,14-16H2,1-3H3/b9-8+. The lowest BCUT2D eigenvalue weighted by atomic mass is 10.1. The number of carbonyl (C=O) groups excluding carboxylic acids is 2. The van der Waals surface area contributed by atoms with Gasteiger partial charge in [-0.25, -0.2) is 4.79 Å². The summed E-state index contributed by atoms with van der Waals surface area (Å²) in [7, 11) is 0. The summed E-state index contributed by atoms with van der Waals surface area (Å²) in [5.74, 6) is -0.696. The van der Waals surface area contributed by atoms with Gasteiger partial charge in [0.2, 0.25) is 0 Å². The van der Waals surface area contributed by atoms with Gasteiger partial charge in [-0.15, -0.1) is 11.3 Å². The first-order valence-corrected chi connectivity index (χ1v) is 11.6. The highest BCUT2D eigenvalue weighted by Gasteiger charge is 2.22. The highest BCUT2D eigenvalue weighted by atomic mass is 32.1. The van der Waals surface area contributed by atoms with E-state index in [2.05, 4.69) is 47.7 Å². The van der Waals surface area contributed by atoms with E-state index in [4.69, 9.17) is 4.74 Å². The van der Waals surface area contributed by atoms with Crippen LogP contribution in [0.2, 0.25) is 0 Å². The van der Waals surface area contributed by atoms with E-state index in [9.17, 15) is 9.59 Å². The Kier molecular flexibility index (Phi) is 6.55. The summed E-state index contributed by atoms with van der Waals surface area (Å²) in [6.45, 7) is 7.64. The number of hydrogen-bond acceptors (Lipinski definition) is 5. The largest absolute Gasteiger partial charge is 0.452 e. The molecule has 0 atom stereocenters. The average Bonchev–Trinajstić information content (AvgIpc) is 3.36. The minimum absolute atomic E-state index is 0.165. The quantitative estimate of drug-likeness (QED) is 0.421. The van der Waals surface area contributed by atoms with Gasteiger partial charge in [-0.1, -0.05) is 29.8 Å². The molecule has 0 fully saturated rings. The number of fused-ring (bicyclic) bond motifs is 1. The SMILES string of the molecule is Cc1ccc(Cn2nc(C)c(/C=C/C(=O)OCC(=O)N3CCc4sccc4C3)c2C)cc1. The maximum atomic E-state index is 12.4. The maximum absolute atomic E-state index is 12.4. The van der Waals surface area contributed by atoms with Crippen LogP contribution in [0.5, 0.6) is 0 Å². The third-order valence-electron chi connectivity index (χ3n) is 5.77. The second-order valence-corrected chi connectivity index (χ2v) is 9.10. The first-order valence-electron chi connectivity index (χ1n) is 10.7. The summed E-state index contributed by atoms with van der Waals surface area (Å²) >= 11 is 1.73. The van der Waals surface area contributed by atoms with Crippen molar-refractivity contribution in [3.05, 3.63) is 80.3 Å². The van der Waals surface area contributed by atoms with E-state index in [-0.39, 0.29) is 12.5 Å². The molecule has 0 saturated carbocycles. The van der Waals surface area contributed by atoms with Crippen molar-refractivity contribution in [2.75, 3.05) is 13.2 Å². The van der Waals surface area contributed by atoms with Crippen LogP contribution in [0.15, 0.2) is 41.8 Å². The molecule has 0 aliphatic carbocycles. The number of hydrogen-bond donors (Lipinski definition) is 0. The molecule has 0 saturated heterocycles. The molecule has 0 spiro atoms. The van der Waals surface area contributed by atoms with Crippen LogP contribution in [0.25, 0.3) is 6.08 Å². The van der Waals surface area contributed by atoms with E-state index < -0.39 is 5.97 Å². The number of benzene rings is 1. The zero-order valence-electron chi connectivity index (χ0n) is 18.6. The predicted molar refractivity (Wildman–Crippen MR) is 125 cm³/mol. The number of aryl methyl sites for hydroxylation is 2. The zero-order chi connectivity index (χ0) is 22.7. The first kappa shape index (κ1) is 22.0. The molecular weight excluding hydrogens is 422 g/mol. The molecule has 1 amide bonds. The number of aromatic nitrogens is 2. The molecular formula is C25H27N3O3S. The molecule has 6 nitrogen and oxygen atoms in total. The summed E-state index contributed by atoms with van der Waals surface area (Å²) in [5, 5.41) is 6.66. The minimum Gasteiger partial charge on any atom is -0.452 e. The van der Waals surface area contributed by atoms with E-state index >= 15 is 0 Å². The van der Waals surface area contributed by atoms with Crippen LogP contribution >= 0.6 is 11.3 Å². The molecule has 1 aliphatic heterocycles. The average molecular weight is 450 g/mol. The Morgan fingerprint density at radius 3 is 2.72 bits per heavy atom. The van der Waals surface area contributed by atoms with Crippen molar-refractivity contribution in [1.29, 1.82) is 0 Å². The van der Waals surface area contributed by atoms with Crippen LogP contribution in [0.4, 0.5) is 0 Å². The fourth-order valence-corrected chi connectivity index (χ4v) is 4.75. The van der Waals surface area contributed by atoms with E-state index in [1.807, 2.05) is 18.5 Å². The Labute approximate surface area is 192 Å². The number of esters is 1. The van der Waals surface area contributed by atoms with Gasteiger partial charge in [0, 0.05) is 35.3 Å². The Bertz CT molecular complexity index is 1160. The minimum atomic E-state index is -0.531. The number of thiophene rings is 1. The molecule has 0 N–H and O–H groups in total. The molecule has 4 rings (SSSR count). The van der Waals surface area contributed by atoms with E-state index in [0.717, 1.165) is 23.4 Å². The molecule has 3 aromatic rings. The Balaban J connectivity index is 1.33. The van der Waals surface area contributed by atoms with Crippen molar-refractivity contribution in [2.45, 2.75) is 40.3 Å². The number of rotatable bonds is 6. The lowest BCUT2D eigenvalue weighted by Crippen LogP contribution is -2.38. The summed E-state index contributed by atoms with van der Waals surface area (Å²) in [6.07, 6.45) is 3.94. The number of ether oxygens (including phenoxy) is 1. The molecule has 166 valence electrons. The summed E-state index contributed by atoms with van der Waals surface area (Å²) in [4.78, 5) is 27.7. The van der Waals surface area contributed by atoms with Gasteiger partial charge in [0.25, 0.3) is 5.91 Å². The van der Waals surface area contributed by atoms with Crippen LogP contribution in [-0.4, -0.2) is 39.7 Å². The van der Waals surface area contributed by atoms with Gasteiger partial charge in [0.15, 0.2) is 6.61 Å². The molecule has 0 unspecified atom stereocenters. The van der Waals surface area contributed by atoms with E-state index in [1.54, 1.807) is 22.3 Å². The van der Waals surface area contributed by atoms with Crippen LogP contribution < -0.4 is 0 Å². The molecule has 1 aromatic carbocycles. The molecule has 1 aliphatic rings. The van der Waals surface area contributed by atoms with Crippen molar-refractivity contribution >= 4 is 29.3 Å². The fraction of sp³-hybridized carbons (Fsp3) is 0.320. The van der Waals surface area contributed by atoms with Crippen LogP contribution in [0.3, 0.4) is 0 Å². The predicted octanol–water partition coefficient (Wildman–Crippen LogP) is 4.06. The number of nitrogens with zero attached hydrogens (tertiary/aromatic N) is 3. The smallest absolute Gasteiger partial charge is 0.331 e. The van der Waals surface area contributed by atoms with Crippen LogP contribution in [-0.2, 0) is 33.8 Å². The van der Waals surface area contributed by atoms with Crippen LogP contribution in [0.1, 0.15) is 38.5 Å². The van der Waals surface area contributed by atoms with Crippen molar-refractivity contribution in [1.82, 2.24) is 14.7 Å². The Hall–Kier alpha value is -3.19. The first-order chi connectivity index (χ1) is 15.4. The summed E-state index contributed by atoms with van der Waals surface area (Å²) in [6, 6.07) is 10.4. The normalized spacial score (nSPS) is 13.4. The van der Waals surface area contributed by atoms with Gasteiger partial charge in [0.1, 0.15) is 0 Å².